The number of amidine groups is 1. The van der Waals surface area contributed by atoms with E-state index in [1.165, 1.54) is 25.7 Å². The minimum atomic E-state index is 0.0640. The van der Waals surface area contributed by atoms with E-state index in [2.05, 4.69) is 23.7 Å². The first-order valence-corrected chi connectivity index (χ1v) is 7.61. The van der Waals surface area contributed by atoms with Gasteiger partial charge in [-0.2, -0.15) is 0 Å². The van der Waals surface area contributed by atoms with Crippen LogP contribution >= 0.6 is 0 Å². The Hall–Kier alpha value is -1.42. The number of nitrogens with one attached hydrogen (secondary N) is 1. The Morgan fingerprint density at radius 1 is 1.35 bits per heavy atom. The number of nitrogens with zero attached hydrogens (tertiary/aromatic N) is 2. The number of hydrogen-bond donors (Lipinski definition) is 2. The smallest absolute Gasteiger partial charge is 0.142 e. The van der Waals surface area contributed by atoms with Crippen LogP contribution < -0.4 is 5.73 Å². The molecule has 1 aromatic rings. The zero-order chi connectivity index (χ0) is 14.6. The number of nitrogens with two attached hydrogens (primary N) is 1. The van der Waals surface area contributed by atoms with E-state index < -0.39 is 0 Å². The summed E-state index contributed by atoms with van der Waals surface area (Å²) >= 11 is 0. The molecule has 1 aliphatic heterocycles. The molecule has 0 radical (unpaired) electrons. The van der Waals surface area contributed by atoms with Crippen molar-refractivity contribution in [2.24, 2.45) is 11.1 Å². The van der Waals surface area contributed by atoms with Crippen LogP contribution in [0.25, 0.3) is 0 Å². The molecule has 1 saturated heterocycles. The summed E-state index contributed by atoms with van der Waals surface area (Å²) in [6.45, 7) is 7.75. The van der Waals surface area contributed by atoms with Crippen LogP contribution in [0.15, 0.2) is 18.3 Å². The van der Waals surface area contributed by atoms with E-state index in [1.54, 1.807) is 6.20 Å². The highest BCUT2D eigenvalue weighted by Crippen LogP contribution is 2.38. The maximum Gasteiger partial charge on any atom is 0.142 e. The Labute approximate surface area is 121 Å². The third kappa shape index (κ3) is 3.18. The Bertz CT molecular complexity index is 455. The van der Waals surface area contributed by atoms with Gasteiger partial charge in [0, 0.05) is 12.7 Å². The van der Waals surface area contributed by atoms with Gasteiger partial charge in [-0.3, -0.25) is 15.3 Å². The van der Waals surface area contributed by atoms with Gasteiger partial charge in [0.1, 0.15) is 11.5 Å². The van der Waals surface area contributed by atoms with Crippen molar-refractivity contribution >= 4 is 5.84 Å². The number of piperidine rings is 1. The third-order valence-corrected chi connectivity index (χ3v) is 4.96. The molecule has 0 bridgehead atoms. The zero-order valence-corrected chi connectivity index (χ0v) is 12.7. The van der Waals surface area contributed by atoms with Gasteiger partial charge in [-0.1, -0.05) is 32.8 Å². The average Bonchev–Trinajstić information content (AvgIpc) is 2.49. The molecule has 110 valence electrons. The number of nitrogen functional groups attached to an aromatic ring is 1. The molecule has 0 amide bonds. The molecule has 2 heterocycles. The van der Waals surface area contributed by atoms with Gasteiger partial charge in [-0.25, -0.2) is 0 Å². The second kappa shape index (κ2) is 6.35. The summed E-state index contributed by atoms with van der Waals surface area (Å²) in [5.74, 6) is 0.0640. The number of aromatic nitrogens is 1. The van der Waals surface area contributed by atoms with Crippen LogP contribution in [0.1, 0.15) is 50.8 Å². The SMILES string of the molecule is CCC1(CC)CCN(Cc2cccnc2C(=N)N)CC1. The van der Waals surface area contributed by atoms with E-state index in [4.69, 9.17) is 11.1 Å². The molecule has 3 N–H and O–H groups in total. The standard InChI is InChI=1S/C16H26N4/c1-3-16(4-2)7-10-20(11-8-16)12-13-6-5-9-19-14(13)15(17)18/h5-6,9H,3-4,7-8,10-12H2,1-2H3,(H3,17,18). The van der Waals surface area contributed by atoms with E-state index in [1.807, 2.05) is 12.1 Å². The van der Waals surface area contributed by atoms with Crippen LogP contribution in [0, 0.1) is 10.8 Å². The molecule has 4 nitrogen and oxygen atoms in total. The van der Waals surface area contributed by atoms with Crippen molar-refractivity contribution in [3.63, 3.8) is 0 Å². The number of hydrogen-bond acceptors (Lipinski definition) is 3. The van der Waals surface area contributed by atoms with Crippen molar-refractivity contribution in [1.29, 1.82) is 5.41 Å². The normalized spacial score (nSPS) is 18.9. The Kier molecular flexibility index (Phi) is 4.76. The molecular weight excluding hydrogens is 248 g/mol. The van der Waals surface area contributed by atoms with Crippen LogP contribution in [0.5, 0.6) is 0 Å². The number of rotatable bonds is 5. The van der Waals surface area contributed by atoms with Gasteiger partial charge >= 0.3 is 0 Å². The van der Waals surface area contributed by atoms with Gasteiger partial charge in [0.2, 0.25) is 0 Å². The van der Waals surface area contributed by atoms with E-state index in [-0.39, 0.29) is 5.84 Å². The van der Waals surface area contributed by atoms with Crippen LogP contribution in [0.4, 0.5) is 0 Å². The molecule has 0 atom stereocenters. The molecule has 20 heavy (non-hydrogen) atoms. The summed E-state index contributed by atoms with van der Waals surface area (Å²) in [4.78, 5) is 6.69. The van der Waals surface area contributed by atoms with Gasteiger partial charge in [0.15, 0.2) is 0 Å². The van der Waals surface area contributed by atoms with Crippen molar-refractivity contribution < 1.29 is 0 Å². The van der Waals surface area contributed by atoms with Crippen molar-refractivity contribution in [2.75, 3.05) is 13.1 Å². The third-order valence-electron chi connectivity index (χ3n) is 4.96. The lowest BCUT2D eigenvalue weighted by atomic mass is 9.74. The summed E-state index contributed by atoms with van der Waals surface area (Å²) in [7, 11) is 0. The van der Waals surface area contributed by atoms with Crippen LogP contribution in [-0.2, 0) is 6.54 Å². The van der Waals surface area contributed by atoms with Crippen LogP contribution in [0.2, 0.25) is 0 Å². The molecule has 0 spiro atoms. The van der Waals surface area contributed by atoms with Gasteiger partial charge in [-0.15, -0.1) is 0 Å². The van der Waals surface area contributed by atoms with Gasteiger partial charge in [-0.05, 0) is 43.0 Å². The minimum Gasteiger partial charge on any atom is -0.382 e. The summed E-state index contributed by atoms with van der Waals surface area (Å²) in [5.41, 5.74) is 7.86. The maximum absolute atomic E-state index is 7.61. The molecule has 1 aliphatic rings. The zero-order valence-electron chi connectivity index (χ0n) is 12.7. The maximum atomic E-state index is 7.61. The molecule has 2 rings (SSSR count). The molecule has 0 aliphatic carbocycles. The lowest BCUT2D eigenvalue weighted by Crippen LogP contribution is -2.39. The molecule has 1 fully saturated rings. The second-order valence-electron chi connectivity index (χ2n) is 5.91. The highest BCUT2D eigenvalue weighted by molar-refractivity contribution is 5.94. The molecule has 0 unspecified atom stereocenters. The summed E-state index contributed by atoms with van der Waals surface area (Å²) < 4.78 is 0. The lowest BCUT2D eigenvalue weighted by molar-refractivity contribution is 0.0908. The quantitative estimate of drug-likeness (QED) is 0.641. The number of pyridine rings is 1. The number of likely N-dealkylation sites (tertiary alicyclic amines) is 1. The molecule has 0 saturated carbocycles. The Balaban J connectivity index is 2.01. The van der Waals surface area contributed by atoms with Crippen LogP contribution in [-0.4, -0.2) is 28.8 Å². The first-order chi connectivity index (χ1) is 9.60. The summed E-state index contributed by atoms with van der Waals surface area (Å²) in [5, 5.41) is 7.61. The van der Waals surface area contributed by atoms with Crippen molar-refractivity contribution in [1.82, 2.24) is 9.88 Å². The molecular formula is C16H26N4. The predicted octanol–water partition coefficient (Wildman–Crippen LogP) is 2.77. The van der Waals surface area contributed by atoms with Gasteiger partial charge in [0.05, 0.1) is 0 Å². The van der Waals surface area contributed by atoms with Crippen LogP contribution in [0.3, 0.4) is 0 Å². The second-order valence-corrected chi connectivity index (χ2v) is 5.91. The average molecular weight is 274 g/mol. The van der Waals surface area contributed by atoms with Gasteiger partial charge < -0.3 is 5.73 Å². The van der Waals surface area contributed by atoms with Crippen molar-refractivity contribution in [2.45, 2.75) is 46.1 Å². The Morgan fingerprint density at radius 2 is 2.00 bits per heavy atom. The highest BCUT2D eigenvalue weighted by Gasteiger charge is 2.31. The van der Waals surface area contributed by atoms with E-state index in [0.29, 0.717) is 11.1 Å². The summed E-state index contributed by atoms with van der Waals surface area (Å²) in [6.07, 6.45) is 6.81. The first kappa shape index (κ1) is 15.0. The molecule has 1 aromatic heterocycles. The van der Waals surface area contributed by atoms with Crippen molar-refractivity contribution in [3.8, 4) is 0 Å². The van der Waals surface area contributed by atoms with E-state index in [0.717, 1.165) is 25.2 Å². The van der Waals surface area contributed by atoms with E-state index >= 15 is 0 Å². The minimum absolute atomic E-state index is 0.0640. The highest BCUT2D eigenvalue weighted by atomic mass is 15.1. The van der Waals surface area contributed by atoms with Crippen molar-refractivity contribution in [3.05, 3.63) is 29.6 Å². The predicted molar refractivity (Wildman–Crippen MR) is 82.8 cm³/mol. The lowest BCUT2D eigenvalue weighted by Gasteiger charge is -2.41. The largest absolute Gasteiger partial charge is 0.382 e. The van der Waals surface area contributed by atoms with E-state index in [9.17, 15) is 0 Å². The summed E-state index contributed by atoms with van der Waals surface area (Å²) in [6, 6.07) is 3.96. The molecule has 4 heteroatoms. The van der Waals surface area contributed by atoms with Gasteiger partial charge in [0.25, 0.3) is 0 Å². The fourth-order valence-corrected chi connectivity index (χ4v) is 3.19. The fourth-order valence-electron chi connectivity index (χ4n) is 3.19. The fraction of sp³-hybridized carbons (Fsp3) is 0.625. The first-order valence-electron chi connectivity index (χ1n) is 7.61. The topological polar surface area (TPSA) is 66.0 Å². The molecule has 0 aromatic carbocycles. The monoisotopic (exact) mass is 274 g/mol. The Morgan fingerprint density at radius 3 is 2.55 bits per heavy atom.